The van der Waals surface area contributed by atoms with Gasteiger partial charge in [0, 0.05) is 43.2 Å². The van der Waals surface area contributed by atoms with Crippen LogP contribution in [0.5, 0.6) is 0 Å². The minimum absolute atomic E-state index is 0.0440. The van der Waals surface area contributed by atoms with E-state index in [1.165, 1.54) is 17.1 Å². The number of benzene rings is 1. The number of pyridine rings is 1. The zero-order chi connectivity index (χ0) is 21.9. The van der Waals surface area contributed by atoms with Crippen LogP contribution in [0.15, 0.2) is 60.1 Å². The molecule has 1 aliphatic heterocycles. The van der Waals surface area contributed by atoms with Crippen molar-refractivity contribution in [3.8, 4) is 11.3 Å². The third kappa shape index (κ3) is 2.97. The molecule has 4 aliphatic rings. The average Bonchev–Trinajstić information content (AvgIpc) is 3.39. The van der Waals surface area contributed by atoms with Gasteiger partial charge in [0.1, 0.15) is 11.6 Å². The molecule has 0 radical (unpaired) electrons. The van der Waals surface area contributed by atoms with Crippen LogP contribution in [-0.2, 0) is 11.3 Å². The van der Waals surface area contributed by atoms with Crippen LogP contribution in [0.4, 0.5) is 8.78 Å². The molecule has 162 valence electrons. The fourth-order valence-electron chi connectivity index (χ4n) is 5.75. The first-order valence-corrected chi connectivity index (χ1v) is 10.7. The molecule has 3 aliphatic carbocycles. The molecule has 0 saturated heterocycles. The fourth-order valence-corrected chi connectivity index (χ4v) is 5.75. The van der Waals surface area contributed by atoms with Crippen molar-refractivity contribution in [3.05, 3.63) is 72.2 Å². The monoisotopic (exact) mass is 433 g/mol. The van der Waals surface area contributed by atoms with Crippen LogP contribution in [-0.4, -0.2) is 31.9 Å². The molecule has 32 heavy (non-hydrogen) atoms. The third-order valence-electron chi connectivity index (χ3n) is 6.99. The number of amides is 1. The normalized spacial score (nSPS) is 27.8. The Morgan fingerprint density at radius 3 is 2.62 bits per heavy atom. The summed E-state index contributed by atoms with van der Waals surface area (Å²) < 4.78 is 29.3. The second-order valence-electron chi connectivity index (χ2n) is 9.35. The predicted molar refractivity (Wildman–Crippen MR) is 113 cm³/mol. The molecule has 8 heteroatoms. The Hall–Kier alpha value is -3.42. The van der Waals surface area contributed by atoms with Gasteiger partial charge in [-0.1, -0.05) is 6.07 Å². The smallest absolute Gasteiger partial charge is 0.249 e. The van der Waals surface area contributed by atoms with Crippen LogP contribution in [0.25, 0.3) is 11.3 Å². The number of halogens is 2. The molecule has 1 aromatic carbocycles. The summed E-state index contributed by atoms with van der Waals surface area (Å²) in [5.74, 6) is -1.33. The van der Waals surface area contributed by atoms with E-state index in [9.17, 15) is 13.6 Å². The van der Waals surface area contributed by atoms with Gasteiger partial charge in [0.2, 0.25) is 5.91 Å². The van der Waals surface area contributed by atoms with Crippen molar-refractivity contribution in [1.82, 2.24) is 19.8 Å². The van der Waals surface area contributed by atoms with Crippen molar-refractivity contribution < 1.29 is 13.6 Å². The van der Waals surface area contributed by atoms with Gasteiger partial charge in [0.15, 0.2) is 0 Å². The van der Waals surface area contributed by atoms with Crippen LogP contribution in [0.3, 0.4) is 0 Å². The molecule has 7 rings (SSSR count). The average molecular weight is 433 g/mol. The molecule has 1 amide bonds. The molecular formula is C24H21F2N5O. The van der Waals surface area contributed by atoms with Crippen molar-refractivity contribution in [1.29, 1.82) is 0 Å². The predicted octanol–water partition coefficient (Wildman–Crippen LogP) is 4.35. The maximum Gasteiger partial charge on any atom is 0.249 e. The second kappa shape index (κ2) is 6.79. The van der Waals surface area contributed by atoms with Gasteiger partial charge >= 0.3 is 0 Å². The maximum absolute atomic E-state index is 13.7. The number of aromatic nitrogens is 3. The number of nitrogens with zero attached hydrogens (tertiary/aromatic N) is 5. The molecule has 3 fully saturated rings. The molecule has 2 bridgehead atoms. The van der Waals surface area contributed by atoms with E-state index < -0.39 is 23.1 Å². The molecule has 1 unspecified atom stereocenters. The first-order chi connectivity index (χ1) is 15.5. The minimum atomic E-state index is -0.645. The third-order valence-corrected chi connectivity index (χ3v) is 6.99. The van der Waals surface area contributed by atoms with Gasteiger partial charge in [-0.15, -0.1) is 0 Å². The number of carbonyl (C=O) groups excluding carboxylic acids is 1. The Morgan fingerprint density at radius 2 is 1.91 bits per heavy atom. The lowest BCUT2D eigenvalue weighted by Gasteiger charge is -2.69. The van der Waals surface area contributed by atoms with E-state index in [-0.39, 0.29) is 11.3 Å². The van der Waals surface area contributed by atoms with Gasteiger partial charge in [0.25, 0.3) is 0 Å². The number of rotatable bonds is 5. The Morgan fingerprint density at radius 1 is 1.12 bits per heavy atom. The highest BCUT2D eigenvalue weighted by Crippen LogP contribution is 2.74. The van der Waals surface area contributed by atoms with E-state index >= 15 is 0 Å². The van der Waals surface area contributed by atoms with Gasteiger partial charge in [0.05, 0.1) is 23.3 Å². The SMILES string of the molecule is O=C(N1N=CCC1c1cc(F)cc(F)c1)C12CC(Cn3cc(-c4ccccn4)cn3)(C1)C2. The summed E-state index contributed by atoms with van der Waals surface area (Å²) in [5.41, 5.74) is 1.96. The lowest BCUT2D eigenvalue weighted by atomic mass is 9.34. The molecule has 3 aromatic rings. The zero-order valence-electron chi connectivity index (χ0n) is 17.3. The Balaban J connectivity index is 1.13. The number of hydrogen-bond donors (Lipinski definition) is 0. The van der Waals surface area contributed by atoms with Crippen molar-refractivity contribution in [2.75, 3.05) is 0 Å². The molecule has 0 spiro atoms. The van der Waals surface area contributed by atoms with Crippen molar-refractivity contribution >= 4 is 12.1 Å². The molecule has 0 N–H and O–H groups in total. The number of hydrazone groups is 1. The van der Waals surface area contributed by atoms with Crippen LogP contribution in [0.1, 0.15) is 37.3 Å². The van der Waals surface area contributed by atoms with E-state index in [0.717, 1.165) is 43.1 Å². The summed E-state index contributed by atoms with van der Waals surface area (Å²) in [6, 6.07) is 8.73. The van der Waals surface area contributed by atoms with E-state index in [1.54, 1.807) is 12.4 Å². The van der Waals surface area contributed by atoms with E-state index in [0.29, 0.717) is 12.0 Å². The molecule has 2 aromatic heterocycles. The van der Waals surface area contributed by atoms with Gasteiger partial charge in [-0.25, -0.2) is 13.8 Å². The van der Waals surface area contributed by atoms with Gasteiger partial charge in [-0.05, 0) is 54.5 Å². The standard InChI is InChI=1S/C24H21F2N5O/c25-18-7-16(8-19(26)9-18)21-4-6-28-31(21)22(32)24-12-23(13-24,14-24)15-30-11-17(10-29-30)20-3-1-2-5-27-20/h1-3,5-11,21H,4,12-15H2. The molecule has 1 atom stereocenters. The number of carbonyl (C=O) groups is 1. The van der Waals surface area contributed by atoms with Crippen LogP contribution in [0, 0.1) is 22.5 Å². The first-order valence-electron chi connectivity index (χ1n) is 10.7. The first kappa shape index (κ1) is 19.3. The van der Waals surface area contributed by atoms with Crippen molar-refractivity contribution in [2.24, 2.45) is 15.9 Å². The maximum atomic E-state index is 13.7. The quantitative estimate of drug-likeness (QED) is 0.601. The topological polar surface area (TPSA) is 63.4 Å². The summed E-state index contributed by atoms with van der Waals surface area (Å²) >= 11 is 0. The number of hydrogen-bond acceptors (Lipinski definition) is 4. The zero-order valence-corrected chi connectivity index (χ0v) is 17.3. The second-order valence-corrected chi connectivity index (χ2v) is 9.35. The Bertz CT molecular complexity index is 1200. The summed E-state index contributed by atoms with van der Waals surface area (Å²) in [6.07, 6.45) is 10.0. The van der Waals surface area contributed by atoms with Crippen LogP contribution < -0.4 is 0 Å². The lowest BCUT2D eigenvalue weighted by molar-refractivity contribution is -0.223. The van der Waals surface area contributed by atoms with Crippen molar-refractivity contribution in [3.63, 3.8) is 0 Å². The fraction of sp³-hybridized carbons (Fsp3) is 0.333. The molecular weight excluding hydrogens is 412 g/mol. The van der Waals surface area contributed by atoms with Crippen LogP contribution in [0.2, 0.25) is 0 Å². The van der Waals surface area contributed by atoms with E-state index in [1.807, 2.05) is 35.3 Å². The molecule has 3 heterocycles. The van der Waals surface area contributed by atoms with Crippen molar-refractivity contribution in [2.45, 2.75) is 38.3 Å². The van der Waals surface area contributed by atoms with Gasteiger partial charge in [-0.2, -0.15) is 10.2 Å². The van der Waals surface area contributed by atoms with Crippen LogP contribution >= 0.6 is 0 Å². The highest BCUT2D eigenvalue weighted by atomic mass is 19.1. The summed E-state index contributed by atoms with van der Waals surface area (Å²) in [4.78, 5) is 17.7. The highest BCUT2D eigenvalue weighted by molar-refractivity contribution is 5.88. The summed E-state index contributed by atoms with van der Waals surface area (Å²) in [5, 5.41) is 10.2. The summed E-state index contributed by atoms with van der Waals surface area (Å²) in [6.45, 7) is 0.761. The minimum Gasteiger partial charge on any atom is -0.272 e. The molecule has 3 saturated carbocycles. The highest BCUT2D eigenvalue weighted by Gasteiger charge is 2.72. The van der Waals surface area contributed by atoms with E-state index in [2.05, 4.69) is 15.2 Å². The largest absolute Gasteiger partial charge is 0.272 e. The van der Waals surface area contributed by atoms with Gasteiger partial charge < -0.3 is 0 Å². The Labute approximate surface area is 183 Å². The molecule has 6 nitrogen and oxygen atoms in total. The van der Waals surface area contributed by atoms with Gasteiger partial charge in [-0.3, -0.25) is 14.5 Å². The lowest BCUT2D eigenvalue weighted by Crippen LogP contribution is -2.68. The Kier molecular flexibility index (Phi) is 4.09. The van der Waals surface area contributed by atoms with E-state index in [4.69, 9.17) is 0 Å². The summed E-state index contributed by atoms with van der Waals surface area (Å²) in [7, 11) is 0.